The van der Waals surface area contributed by atoms with Gasteiger partial charge in [-0.1, -0.05) is 11.6 Å². The van der Waals surface area contributed by atoms with E-state index in [9.17, 15) is 4.79 Å². The molecule has 0 aromatic heterocycles. The fraction of sp³-hybridized carbons (Fsp3) is 0.300. The number of carboxylic acids is 1. The van der Waals surface area contributed by atoms with E-state index >= 15 is 0 Å². The van der Waals surface area contributed by atoms with Crippen LogP contribution in [-0.4, -0.2) is 17.1 Å². The van der Waals surface area contributed by atoms with Crippen molar-refractivity contribution in [2.24, 2.45) is 0 Å². The third-order valence-corrected chi connectivity index (χ3v) is 2.74. The van der Waals surface area contributed by atoms with Crippen LogP contribution in [0.5, 0.6) is 0 Å². The minimum absolute atomic E-state index is 0.0684. The standard InChI is InChI=1S/C10H11BrClNO2/c1-6(4-10(14)15)13-9-5-7(12)2-3-8(9)11/h2-3,5-6,13H,4H2,1H3,(H,14,15). The summed E-state index contributed by atoms with van der Waals surface area (Å²) in [4.78, 5) is 10.5. The lowest BCUT2D eigenvalue weighted by atomic mass is 10.2. The average Bonchev–Trinajstić information content (AvgIpc) is 2.10. The minimum atomic E-state index is -0.826. The summed E-state index contributed by atoms with van der Waals surface area (Å²) in [5.74, 6) is -0.826. The van der Waals surface area contributed by atoms with Gasteiger partial charge in [0.25, 0.3) is 0 Å². The molecule has 1 unspecified atom stereocenters. The predicted octanol–water partition coefficient (Wildman–Crippen LogP) is 3.38. The first-order chi connectivity index (χ1) is 6.99. The van der Waals surface area contributed by atoms with Gasteiger partial charge < -0.3 is 10.4 Å². The van der Waals surface area contributed by atoms with Gasteiger partial charge in [-0.05, 0) is 41.1 Å². The molecule has 1 atom stereocenters. The number of benzene rings is 1. The molecule has 1 aromatic rings. The molecule has 0 saturated heterocycles. The summed E-state index contributed by atoms with van der Waals surface area (Å²) in [6.07, 6.45) is 0.0684. The van der Waals surface area contributed by atoms with Crippen LogP contribution in [0, 0.1) is 0 Å². The topological polar surface area (TPSA) is 49.3 Å². The van der Waals surface area contributed by atoms with Gasteiger partial charge in [-0.15, -0.1) is 0 Å². The third kappa shape index (κ3) is 4.10. The molecular weight excluding hydrogens is 281 g/mol. The first-order valence-corrected chi connectivity index (χ1v) is 5.59. The molecule has 0 aliphatic heterocycles. The van der Waals surface area contributed by atoms with E-state index in [0.717, 1.165) is 10.2 Å². The number of hydrogen-bond donors (Lipinski definition) is 2. The lowest BCUT2D eigenvalue weighted by Crippen LogP contribution is -2.19. The van der Waals surface area contributed by atoms with E-state index in [-0.39, 0.29) is 12.5 Å². The summed E-state index contributed by atoms with van der Waals surface area (Å²) in [7, 11) is 0. The van der Waals surface area contributed by atoms with Gasteiger partial charge in [-0.2, -0.15) is 0 Å². The molecule has 0 amide bonds. The Bertz CT molecular complexity index is 370. The highest BCUT2D eigenvalue weighted by Crippen LogP contribution is 2.26. The lowest BCUT2D eigenvalue weighted by Gasteiger charge is -2.14. The number of carbonyl (C=O) groups is 1. The van der Waals surface area contributed by atoms with Crippen molar-refractivity contribution in [1.29, 1.82) is 0 Å². The van der Waals surface area contributed by atoms with Gasteiger partial charge in [0.05, 0.1) is 12.1 Å². The van der Waals surface area contributed by atoms with Gasteiger partial charge in [-0.25, -0.2) is 0 Å². The Morgan fingerprint density at radius 1 is 1.67 bits per heavy atom. The molecule has 0 bridgehead atoms. The quantitative estimate of drug-likeness (QED) is 0.894. The largest absolute Gasteiger partial charge is 0.481 e. The van der Waals surface area contributed by atoms with E-state index < -0.39 is 5.97 Å². The summed E-state index contributed by atoms with van der Waals surface area (Å²) in [5.41, 5.74) is 0.802. The molecule has 0 heterocycles. The predicted molar refractivity (Wildman–Crippen MR) is 64.5 cm³/mol. The van der Waals surface area contributed by atoms with Gasteiger partial charge in [0.15, 0.2) is 0 Å². The molecule has 0 spiro atoms. The maximum Gasteiger partial charge on any atom is 0.305 e. The highest BCUT2D eigenvalue weighted by molar-refractivity contribution is 9.10. The van der Waals surface area contributed by atoms with Crippen LogP contribution in [0.15, 0.2) is 22.7 Å². The molecule has 82 valence electrons. The summed E-state index contributed by atoms with van der Waals surface area (Å²) in [6, 6.07) is 5.19. The zero-order valence-corrected chi connectivity index (χ0v) is 10.5. The molecule has 5 heteroatoms. The second-order valence-electron chi connectivity index (χ2n) is 3.27. The molecule has 0 fully saturated rings. The third-order valence-electron chi connectivity index (χ3n) is 1.81. The van der Waals surface area contributed by atoms with Crippen LogP contribution in [0.1, 0.15) is 13.3 Å². The Morgan fingerprint density at radius 3 is 2.93 bits per heavy atom. The number of rotatable bonds is 4. The van der Waals surface area contributed by atoms with Crippen LogP contribution in [0.3, 0.4) is 0 Å². The van der Waals surface area contributed by atoms with Crippen molar-refractivity contribution in [2.45, 2.75) is 19.4 Å². The summed E-state index contributed by atoms with van der Waals surface area (Å²) < 4.78 is 0.865. The SMILES string of the molecule is CC(CC(=O)O)Nc1cc(Cl)ccc1Br. The summed E-state index contributed by atoms with van der Waals surface area (Å²) in [6.45, 7) is 1.81. The van der Waals surface area contributed by atoms with Crippen LogP contribution in [-0.2, 0) is 4.79 Å². The van der Waals surface area contributed by atoms with Crippen molar-refractivity contribution in [3.63, 3.8) is 0 Å². The Hall–Kier alpha value is -0.740. The molecule has 15 heavy (non-hydrogen) atoms. The zero-order valence-electron chi connectivity index (χ0n) is 8.13. The fourth-order valence-electron chi connectivity index (χ4n) is 1.19. The van der Waals surface area contributed by atoms with E-state index in [4.69, 9.17) is 16.7 Å². The number of nitrogens with one attached hydrogen (secondary N) is 1. The summed E-state index contributed by atoms with van der Waals surface area (Å²) >= 11 is 9.19. The van der Waals surface area contributed by atoms with Crippen molar-refractivity contribution in [1.82, 2.24) is 0 Å². The molecule has 0 radical (unpaired) electrons. The zero-order chi connectivity index (χ0) is 11.4. The molecule has 0 saturated carbocycles. The van der Waals surface area contributed by atoms with Crippen LogP contribution >= 0.6 is 27.5 Å². The first-order valence-electron chi connectivity index (χ1n) is 4.42. The van der Waals surface area contributed by atoms with Crippen LogP contribution in [0.25, 0.3) is 0 Å². The summed E-state index contributed by atoms with van der Waals surface area (Å²) in [5, 5.41) is 12.3. The fourth-order valence-corrected chi connectivity index (χ4v) is 1.72. The molecule has 1 aromatic carbocycles. The number of hydrogen-bond acceptors (Lipinski definition) is 2. The Balaban J connectivity index is 2.71. The van der Waals surface area contributed by atoms with E-state index in [1.165, 1.54) is 0 Å². The van der Waals surface area contributed by atoms with Gasteiger partial charge in [0, 0.05) is 15.5 Å². The van der Waals surface area contributed by atoms with Crippen molar-refractivity contribution in [2.75, 3.05) is 5.32 Å². The molecule has 2 N–H and O–H groups in total. The van der Waals surface area contributed by atoms with Crippen LogP contribution in [0.4, 0.5) is 5.69 Å². The Labute approximate surface area is 102 Å². The van der Waals surface area contributed by atoms with E-state index in [1.54, 1.807) is 12.1 Å². The van der Waals surface area contributed by atoms with Crippen molar-refractivity contribution in [3.8, 4) is 0 Å². The van der Waals surface area contributed by atoms with E-state index in [1.807, 2.05) is 13.0 Å². The second-order valence-corrected chi connectivity index (χ2v) is 4.56. The number of anilines is 1. The maximum absolute atomic E-state index is 10.5. The van der Waals surface area contributed by atoms with Crippen LogP contribution in [0.2, 0.25) is 5.02 Å². The van der Waals surface area contributed by atoms with Crippen molar-refractivity contribution >= 4 is 39.2 Å². The van der Waals surface area contributed by atoms with Gasteiger partial charge >= 0.3 is 5.97 Å². The lowest BCUT2D eigenvalue weighted by molar-refractivity contribution is -0.137. The number of halogens is 2. The van der Waals surface area contributed by atoms with E-state index in [2.05, 4.69) is 21.2 Å². The highest BCUT2D eigenvalue weighted by atomic mass is 79.9. The van der Waals surface area contributed by atoms with Gasteiger partial charge in [0.2, 0.25) is 0 Å². The molecule has 0 aliphatic rings. The Morgan fingerprint density at radius 2 is 2.33 bits per heavy atom. The number of carboxylic acid groups (broad SMARTS) is 1. The smallest absolute Gasteiger partial charge is 0.305 e. The maximum atomic E-state index is 10.5. The van der Waals surface area contributed by atoms with Gasteiger partial charge in [0.1, 0.15) is 0 Å². The molecular formula is C10H11BrClNO2. The molecule has 1 rings (SSSR count). The first kappa shape index (κ1) is 12.3. The van der Waals surface area contributed by atoms with Crippen LogP contribution < -0.4 is 5.32 Å². The van der Waals surface area contributed by atoms with Crippen molar-refractivity contribution in [3.05, 3.63) is 27.7 Å². The highest BCUT2D eigenvalue weighted by Gasteiger charge is 2.09. The second kappa shape index (κ2) is 5.37. The minimum Gasteiger partial charge on any atom is -0.481 e. The molecule has 3 nitrogen and oxygen atoms in total. The number of aliphatic carboxylic acids is 1. The average molecular weight is 293 g/mol. The normalized spacial score (nSPS) is 12.2. The Kier molecular flexibility index (Phi) is 4.42. The van der Waals surface area contributed by atoms with Crippen molar-refractivity contribution < 1.29 is 9.90 Å². The molecule has 0 aliphatic carbocycles. The van der Waals surface area contributed by atoms with E-state index in [0.29, 0.717) is 5.02 Å². The van der Waals surface area contributed by atoms with Gasteiger partial charge in [-0.3, -0.25) is 4.79 Å². The monoisotopic (exact) mass is 291 g/mol.